The molecule has 0 bridgehead atoms. The van der Waals surface area contributed by atoms with Gasteiger partial charge in [-0.1, -0.05) is 61.2 Å². The van der Waals surface area contributed by atoms with E-state index in [0.29, 0.717) is 23.6 Å². The van der Waals surface area contributed by atoms with Crippen molar-refractivity contribution in [3.63, 3.8) is 0 Å². The topological polar surface area (TPSA) is 27.1 Å². The highest BCUT2D eigenvalue weighted by molar-refractivity contribution is 5.69. The maximum atomic E-state index is 13.8. The van der Waals surface area contributed by atoms with Crippen molar-refractivity contribution >= 4 is 5.70 Å². The Balaban J connectivity index is 1.51. The number of imidazole rings is 1. The lowest BCUT2D eigenvalue weighted by Gasteiger charge is -2.14. The van der Waals surface area contributed by atoms with Crippen molar-refractivity contribution in [2.24, 2.45) is 0 Å². The molecular weight excluding hydrogens is 351 g/mol. The van der Waals surface area contributed by atoms with Gasteiger partial charge in [-0.25, -0.2) is 9.37 Å². The molecule has 0 spiro atoms. The van der Waals surface area contributed by atoms with Crippen LogP contribution in [0.5, 0.6) is 5.75 Å². The van der Waals surface area contributed by atoms with Gasteiger partial charge in [0.2, 0.25) is 0 Å². The number of aromatic nitrogens is 2. The number of halogens is 1. The monoisotopic (exact) mass is 370 g/mol. The standard InChI is InChI=1S/C24H19FN2O/c1-18(27-14-13-26-17-27)23-15-22(25)11-12-24(23)28-16-19-7-9-21(10-8-19)20-5-3-2-4-6-20/h2-15,17H,1,16H2. The number of hydrogen-bond acceptors (Lipinski definition) is 2. The van der Waals surface area contributed by atoms with Gasteiger partial charge >= 0.3 is 0 Å². The second kappa shape index (κ2) is 7.92. The number of nitrogens with zero attached hydrogens (tertiary/aromatic N) is 2. The molecule has 0 radical (unpaired) electrons. The Morgan fingerprint density at radius 2 is 1.71 bits per heavy atom. The van der Waals surface area contributed by atoms with Crippen molar-refractivity contribution < 1.29 is 9.13 Å². The van der Waals surface area contributed by atoms with Crippen LogP contribution in [0.3, 0.4) is 0 Å². The first-order chi connectivity index (χ1) is 13.7. The van der Waals surface area contributed by atoms with Gasteiger partial charge in [0, 0.05) is 18.0 Å². The Morgan fingerprint density at radius 1 is 0.964 bits per heavy atom. The Hall–Kier alpha value is -3.66. The predicted molar refractivity (Wildman–Crippen MR) is 109 cm³/mol. The first-order valence-electron chi connectivity index (χ1n) is 8.95. The third-order valence-electron chi connectivity index (χ3n) is 4.52. The zero-order valence-corrected chi connectivity index (χ0v) is 15.3. The maximum Gasteiger partial charge on any atom is 0.129 e. The van der Waals surface area contributed by atoms with Crippen molar-refractivity contribution in [1.82, 2.24) is 9.55 Å². The lowest BCUT2D eigenvalue weighted by atomic mass is 10.0. The molecule has 0 unspecified atom stereocenters. The summed E-state index contributed by atoms with van der Waals surface area (Å²) in [7, 11) is 0. The van der Waals surface area contributed by atoms with Crippen LogP contribution in [-0.2, 0) is 6.61 Å². The van der Waals surface area contributed by atoms with Gasteiger partial charge in [0.1, 0.15) is 18.2 Å². The highest BCUT2D eigenvalue weighted by Gasteiger charge is 2.11. The van der Waals surface area contributed by atoms with Crippen molar-refractivity contribution in [3.05, 3.63) is 115 Å². The SMILES string of the molecule is C=C(c1cc(F)ccc1OCc1ccc(-c2ccccc2)cc1)n1ccnc1. The Bertz CT molecular complexity index is 1070. The molecule has 0 saturated heterocycles. The van der Waals surface area contributed by atoms with Gasteiger partial charge in [-0.3, -0.25) is 0 Å². The summed E-state index contributed by atoms with van der Waals surface area (Å²) in [6.07, 6.45) is 5.04. The summed E-state index contributed by atoms with van der Waals surface area (Å²) in [5, 5.41) is 0. The van der Waals surface area contributed by atoms with Gasteiger partial charge in [0.05, 0.1) is 12.0 Å². The average molecular weight is 370 g/mol. The number of rotatable bonds is 6. The van der Waals surface area contributed by atoms with Crippen LogP contribution in [0, 0.1) is 5.82 Å². The quantitative estimate of drug-likeness (QED) is 0.430. The normalized spacial score (nSPS) is 10.6. The summed E-state index contributed by atoms with van der Waals surface area (Å²) in [6, 6.07) is 22.9. The minimum absolute atomic E-state index is 0.337. The maximum absolute atomic E-state index is 13.8. The zero-order valence-electron chi connectivity index (χ0n) is 15.3. The molecule has 28 heavy (non-hydrogen) atoms. The second-order valence-corrected chi connectivity index (χ2v) is 6.41. The van der Waals surface area contributed by atoms with E-state index >= 15 is 0 Å². The Kier molecular flexibility index (Phi) is 5.02. The molecule has 0 aliphatic heterocycles. The molecule has 0 N–H and O–H groups in total. The van der Waals surface area contributed by atoms with Crippen LogP contribution in [0.4, 0.5) is 4.39 Å². The van der Waals surface area contributed by atoms with Crippen molar-refractivity contribution in [2.75, 3.05) is 0 Å². The number of ether oxygens (including phenoxy) is 1. The first-order valence-corrected chi connectivity index (χ1v) is 8.95. The van der Waals surface area contributed by atoms with E-state index < -0.39 is 0 Å². The van der Waals surface area contributed by atoms with E-state index in [4.69, 9.17) is 4.74 Å². The molecule has 0 aliphatic rings. The summed E-state index contributed by atoms with van der Waals surface area (Å²) in [6.45, 7) is 4.43. The summed E-state index contributed by atoms with van der Waals surface area (Å²) in [5.41, 5.74) is 4.56. The van der Waals surface area contributed by atoms with Gasteiger partial charge in [-0.05, 0) is 34.9 Å². The predicted octanol–water partition coefficient (Wildman–Crippen LogP) is 5.79. The lowest BCUT2D eigenvalue weighted by molar-refractivity contribution is 0.304. The van der Waals surface area contributed by atoms with E-state index in [2.05, 4.69) is 35.8 Å². The zero-order chi connectivity index (χ0) is 19.3. The van der Waals surface area contributed by atoms with Crippen molar-refractivity contribution in [1.29, 1.82) is 0 Å². The van der Waals surface area contributed by atoms with Crippen molar-refractivity contribution in [3.8, 4) is 16.9 Å². The molecule has 4 aromatic rings. The Labute approximate surface area is 163 Å². The van der Waals surface area contributed by atoms with Crippen LogP contribution in [0.25, 0.3) is 16.8 Å². The molecule has 0 aliphatic carbocycles. The van der Waals surface area contributed by atoms with E-state index in [9.17, 15) is 4.39 Å². The van der Waals surface area contributed by atoms with Crippen LogP contribution >= 0.6 is 0 Å². The number of benzene rings is 3. The molecular formula is C24H19FN2O. The fraction of sp³-hybridized carbons (Fsp3) is 0.0417. The smallest absolute Gasteiger partial charge is 0.129 e. The minimum Gasteiger partial charge on any atom is -0.488 e. The van der Waals surface area contributed by atoms with Crippen LogP contribution in [0.1, 0.15) is 11.1 Å². The molecule has 0 amide bonds. The molecule has 1 aromatic heterocycles. The van der Waals surface area contributed by atoms with Crippen LogP contribution in [0.2, 0.25) is 0 Å². The third-order valence-corrected chi connectivity index (χ3v) is 4.52. The van der Waals surface area contributed by atoms with Gasteiger partial charge < -0.3 is 9.30 Å². The number of hydrogen-bond donors (Lipinski definition) is 0. The molecule has 1 heterocycles. The van der Waals surface area contributed by atoms with Crippen LogP contribution in [0.15, 0.2) is 98.1 Å². The highest BCUT2D eigenvalue weighted by atomic mass is 19.1. The molecule has 0 fully saturated rings. The van der Waals surface area contributed by atoms with E-state index in [1.165, 1.54) is 17.7 Å². The van der Waals surface area contributed by atoms with E-state index in [1.54, 1.807) is 29.4 Å². The first kappa shape index (κ1) is 17.7. The van der Waals surface area contributed by atoms with E-state index in [1.807, 2.05) is 30.3 Å². The largest absolute Gasteiger partial charge is 0.488 e. The molecule has 4 rings (SSSR count). The van der Waals surface area contributed by atoms with Gasteiger partial charge in [0.25, 0.3) is 0 Å². The van der Waals surface area contributed by atoms with Gasteiger partial charge in [0.15, 0.2) is 0 Å². The fourth-order valence-corrected chi connectivity index (χ4v) is 3.00. The third kappa shape index (κ3) is 3.86. The molecule has 4 heteroatoms. The van der Waals surface area contributed by atoms with Crippen LogP contribution in [-0.4, -0.2) is 9.55 Å². The fourth-order valence-electron chi connectivity index (χ4n) is 3.00. The Morgan fingerprint density at radius 3 is 2.43 bits per heavy atom. The average Bonchev–Trinajstić information content (AvgIpc) is 3.28. The molecule has 0 saturated carbocycles. The summed E-state index contributed by atoms with van der Waals surface area (Å²) < 4.78 is 21.5. The molecule has 0 atom stereocenters. The molecule has 3 nitrogen and oxygen atoms in total. The van der Waals surface area contributed by atoms with Gasteiger partial charge in [-0.15, -0.1) is 0 Å². The minimum atomic E-state index is -0.337. The van der Waals surface area contributed by atoms with Crippen LogP contribution < -0.4 is 4.74 Å². The lowest BCUT2D eigenvalue weighted by Crippen LogP contribution is -2.02. The van der Waals surface area contributed by atoms with Gasteiger partial charge in [-0.2, -0.15) is 0 Å². The van der Waals surface area contributed by atoms with E-state index in [0.717, 1.165) is 11.1 Å². The van der Waals surface area contributed by atoms with E-state index in [-0.39, 0.29) is 5.82 Å². The second-order valence-electron chi connectivity index (χ2n) is 6.41. The summed E-state index contributed by atoms with van der Waals surface area (Å²) >= 11 is 0. The van der Waals surface area contributed by atoms with Crippen molar-refractivity contribution in [2.45, 2.75) is 6.61 Å². The summed E-state index contributed by atoms with van der Waals surface area (Å²) in [5.74, 6) is 0.239. The summed E-state index contributed by atoms with van der Waals surface area (Å²) in [4.78, 5) is 4.02. The molecule has 3 aromatic carbocycles. The highest BCUT2D eigenvalue weighted by Crippen LogP contribution is 2.28. The molecule has 138 valence electrons.